The van der Waals surface area contributed by atoms with Crippen LogP contribution in [0.4, 0.5) is 0 Å². The molecule has 0 saturated carbocycles. The summed E-state index contributed by atoms with van der Waals surface area (Å²) in [7, 11) is 0. The van der Waals surface area contributed by atoms with Crippen LogP contribution in [0.1, 0.15) is 39.0 Å². The van der Waals surface area contributed by atoms with Crippen molar-refractivity contribution in [3.8, 4) is 0 Å². The van der Waals surface area contributed by atoms with Crippen LogP contribution < -0.4 is 5.73 Å². The lowest BCUT2D eigenvalue weighted by Crippen LogP contribution is -2.19. The van der Waals surface area contributed by atoms with Gasteiger partial charge in [0.1, 0.15) is 0 Å². The van der Waals surface area contributed by atoms with Gasteiger partial charge in [0.2, 0.25) is 0 Å². The fourth-order valence-corrected chi connectivity index (χ4v) is 2.66. The van der Waals surface area contributed by atoms with Gasteiger partial charge in [-0.15, -0.1) is 11.8 Å². The Morgan fingerprint density at radius 3 is 2.56 bits per heavy atom. The molecule has 0 saturated heterocycles. The first kappa shape index (κ1) is 13.6. The molecule has 16 heavy (non-hydrogen) atoms. The van der Waals surface area contributed by atoms with Gasteiger partial charge in [-0.25, -0.2) is 0 Å². The molecule has 0 bridgehead atoms. The van der Waals surface area contributed by atoms with Crippen molar-refractivity contribution < 1.29 is 0 Å². The van der Waals surface area contributed by atoms with Crippen LogP contribution in [0, 0.1) is 0 Å². The molecule has 1 aromatic carbocycles. The maximum Gasteiger partial charge on any atom is 0.00719 e. The van der Waals surface area contributed by atoms with Crippen LogP contribution in [0.5, 0.6) is 0 Å². The third kappa shape index (κ3) is 6.19. The van der Waals surface area contributed by atoms with E-state index in [1.54, 1.807) is 0 Å². The van der Waals surface area contributed by atoms with E-state index in [2.05, 4.69) is 37.3 Å². The predicted octanol–water partition coefficient (Wildman–Crippen LogP) is 4.08. The molecule has 0 aliphatic carbocycles. The largest absolute Gasteiger partial charge is 0.328 e. The lowest BCUT2D eigenvalue weighted by molar-refractivity contribution is 0.536. The minimum atomic E-state index is 0.423. The molecular formula is C14H23NS. The monoisotopic (exact) mass is 237 g/mol. The van der Waals surface area contributed by atoms with E-state index < -0.39 is 0 Å². The van der Waals surface area contributed by atoms with E-state index in [-0.39, 0.29) is 0 Å². The van der Waals surface area contributed by atoms with Crippen molar-refractivity contribution in [2.75, 3.05) is 5.75 Å². The van der Waals surface area contributed by atoms with E-state index in [0.717, 1.165) is 0 Å². The summed E-state index contributed by atoms with van der Waals surface area (Å²) in [4.78, 5) is 1.38. The molecule has 1 unspecified atom stereocenters. The molecule has 2 N–H and O–H groups in total. The smallest absolute Gasteiger partial charge is 0.00719 e. The Kier molecular flexibility index (Phi) is 7.35. The Bertz CT molecular complexity index is 261. The van der Waals surface area contributed by atoms with E-state index >= 15 is 0 Å². The molecule has 0 heterocycles. The highest BCUT2D eigenvalue weighted by atomic mass is 32.2. The van der Waals surface area contributed by atoms with Crippen molar-refractivity contribution in [2.45, 2.75) is 50.0 Å². The summed E-state index contributed by atoms with van der Waals surface area (Å²) in [6, 6.07) is 11.0. The number of nitrogens with two attached hydrogens (primary N) is 1. The fraction of sp³-hybridized carbons (Fsp3) is 0.571. The molecule has 0 radical (unpaired) electrons. The first-order chi connectivity index (χ1) is 7.83. The van der Waals surface area contributed by atoms with Gasteiger partial charge in [-0.2, -0.15) is 0 Å². The Labute approximate surface area is 104 Å². The number of unbranched alkanes of at least 4 members (excludes halogenated alkanes) is 1. The molecule has 0 amide bonds. The number of rotatable bonds is 8. The third-order valence-electron chi connectivity index (χ3n) is 2.64. The van der Waals surface area contributed by atoms with Gasteiger partial charge in [0, 0.05) is 10.9 Å². The van der Waals surface area contributed by atoms with Gasteiger partial charge >= 0.3 is 0 Å². The van der Waals surface area contributed by atoms with E-state index in [1.165, 1.54) is 42.8 Å². The second-order valence-corrected chi connectivity index (χ2v) is 5.37. The summed E-state index contributed by atoms with van der Waals surface area (Å²) in [6.45, 7) is 2.20. The number of hydrogen-bond donors (Lipinski definition) is 1. The second kappa shape index (κ2) is 8.66. The van der Waals surface area contributed by atoms with Crippen molar-refractivity contribution in [3.63, 3.8) is 0 Å². The van der Waals surface area contributed by atoms with Crippen LogP contribution >= 0.6 is 11.8 Å². The van der Waals surface area contributed by atoms with Crippen molar-refractivity contribution in [1.82, 2.24) is 0 Å². The molecule has 1 nitrogen and oxygen atoms in total. The SMILES string of the molecule is CCCC(N)CCCCSc1ccccc1. The summed E-state index contributed by atoms with van der Waals surface area (Å²) < 4.78 is 0. The minimum Gasteiger partial charge on any atom is -0.328 e. The highest BCUT2D eigenvalue weighted by molar-refractivity contribution is 7.99. The van der Waals surface area contributed by atoms with Crippen LogP contribution in [0.15, 0.2) is 35.2 Å². The summed E-state index contributed by atoms with van der Waals surface area (Å²) in [5.41, 5.74) is 5.97. The molecule has 1 rings (SSSR count). The molecule has 0 aliphatic heterocycles. The van der Waals surface area contributed by atoms with Gasteiger partial charge in [0.05, 0.1) is 0 Å². The van der Waals surface area contributed by atoms with E-state index in [4.69, 9.17) is 5.73 Å². The van der Waals surface area contributed by atoms with Gasteiger partial charge < -0.3 is 5.73 Å². The van der Waals surface area contributed by atoms with Crippen molar-refractivity contribution >= 4 is 11.8 Å². The van der Waals surface area contributed by atoms with E-state index in [1.807, 2.05) is 11.8 Å². The topological polar surface area (TPSA) is 26.0 Å². The molecule has 0 aliphatic rings. The Morgan fingerprint density at radius 1 is 1.12 bits per heavy atom. The molecular weight excluding hydrogens is 214 g/mol. The first-order valence-corrected chi connectivity index (χ1v) is 7.25. The van der Waals surface area contributed by atoms with Crippen LogP contribution in [-0.4, -0.2) is 11.8 Å². The highest BCUT2D eigenvalue weighted by Crippen LogP contribution is 2.19. The zero-order valence-corrected chi connectivity index (χ0v) is 11.0. The molecule has 0 spiro atoms. The highest BCUT2D eigenvalue weighted by Gasteiger charge is 2.00. The predicted molar refractivity (Wildman–Crippen MR) is 73.9 cm³/mol. The van der Waals surface area contributed by atoms with Crippen LogP contribution in [0.2, 0.25) is 0 Å². The van der Waals surface area contributed by atoms with Gasteiger partial charge in [-0.3, -0.25) is 0 Å². The van der Waals surface area contributed by atoms with Gasteiger partial charge in [-0.05, 0) is 37.1 Å². The summed E-state index contributed by atoms with van der Waals surface area (Å²) in [5, 5.41) is 0. The average Bonchev–Trinajstić information content (AvgIpc) is 2.30. The van der Waals surface area contributed by atoms with Crippen molar-refractivity contribution in [2.24, 2.45) is 5.73 Å². The Balaban J connectivity index is 2.00. The number of hydrogen-bond acceptors (Lipinski definition) is 2. The van der Waals surface area contributed by atoms with Crippen LogP contribution in [0.3, 0.4) is 0 Å². The molecule has 2 heteroatoms. The summed E-state index contributed by atoms with van der Waals surface area (Å²) in [5.74, 6) is 1.21. The maximum atomic E-state index is 5.97. The quantitative estimate of drug-likeness (QED) is 0.544. The summed E-state index contributed by atoms with van der Waals surface area (Å²) >= 11 is 1.94. The zero-order chi connectivity index (χ0) is 11.6. The third-order valence-corrected chi connectivity index (χ3v) is 3.74. The van der Waals surface area contributed by atoms with Crippen LogP contribution in [0.25, 0.3) is 0 Å². The summed E-state index contributed by atoms with van der Waals surface area (Å²) in [6.07, 6.45) is 6.10. The van der Waals surface area contributed by atoms with Gasteiger partial charge in [-0.1, -0.05) is 38.0 Å². The van der Waals surface area contributed by atoms with Crippen LogP contribution in [-0.2, 0) is 0 Å². The van der Waals surface area contributed by atoms with E-state index in [0.29, 0.717) is 6.04 Å². The molecule has 1 aromatic rings. The lowest BCUT2D eigenvalue weighted by atomic mass is 10.1. The first-order valence-electron chi connectivity index (χ1n) is 6.26. The van der Waals surface area contributed by atoms with Gasteiger partial charge in [0.25, 0.3) is 0 Å². The number of thioether (sulfide) groups is 1. The molecule has 0 aromatic heterocycles. The Hall–Kier alpha value is -0.470. The minimum absolute atomic E-state index is 0.423. The second-order valence-electron chi connectivity index (χ2n) is 4.21. The normalized spacial score (nSPS) is 12.6. The van der Waals surface area contributed by atoms with Gasteiger partial charge in [0.15, 0.2) is 0 Å². The molecule has 1 atom stereocenters. The Morgan fingerprint density at radius 2 is 1.88 bits per heavy atom. The lowest BCUT2D eigenvalue weighted by Gasteiger charge is -2.09. The standard InChI is InChI=1S/C14H23NS/c1-2-8-13(15)9-6-7-12-16-14-10-4-3-5-11-14/h3-5,10-11,13H,2,6-9,12,15H2,1H3. The van der Waals surface area contributed by atoms with Crippen molar-refractivity contribution in [1.29, 1.82) is 0 Å². The van der Waals surface area contributed by atoms with Crippen molar-refractivity contribution in [3.05, 3.63) is 30.3 Å². The zero-order valence-electron chi connectivity index (χ0n) is 10.2. The maximum absolute atomic E-state index is 5.97. The molecule has 90 valence electrons. The van der Waals surface area contributed by atoms with E-state index in [9.17, 15) is 0 Å². The number of benzene rings is 1. The average molecular weight is 237 g/mol. The molecule has 0 fully saturated rings. The fourth-order valence-electron chi connectivity index (χ4n) is 1.73.